The summed E-state index contributed by atoms with van der Waals surface area (Å²) in [5.74, 6) is 0.659. The molecule has 2 aliphatic rings. The molecule has 3 rings (SSSR count). The molecule has 3 heteroatoms. The summed E-state index contributed by atoms with van der Waals surface area (Å²) < 4.78 is 0. The number of benzene rings is 1. The minimum atomic E-state index is 0.594. The van der Waals surface area contributed by atoms with E-state index < -0.39 is 0 Å². The third-order valence-electron chi connectivity index (χ3n) is 5.23. The van der Waals surface area contributed by atoms with Crippen LogP contribution < -0.4 is 4.90 Å². The number of halogens is 1. The summed E-state index contributed by atoms with van der Waals surface area (Å²) >= 11 is 6.26. The van der Waals surface area contributed by atoms with Crippen LogP contribution in [0.2, 0.25) is 5.02 Å². The van der Waals surface area contributed by atoms with Crippen LogP contribution in [0.15, 0.2) is 18.2 Å². The zero-order chi connectivity index (χ0) is 15.0. The molecule has 0 amide bonds. The van der Waals surface area contributed by atoms with Crippen LogP contribution in [-0.2, 0) is 0 Å². The molecule has 0 aromatic heterocycles. The molecule has 0 spiro atoms. The lowest BCUT2D eigenvalue weighted by Crippen LogP contribution is -2.61. The minimum Gasteiger partial charge on any atom is -0.365 e. The van der Waals surface area contributed by atoms with E-state index in [1.54, 1.807) is 0 Å². The molecule has 0 bridgehead atoms. The third-order valence-corrected chi connectivity index (χ3v) is 5.46. The lowest BCUT2D eigenvalue weighted by Gasteiger charge is -2.51. The maximum Gasteiger partial charge on any atom is 0.0440 e. The molecule has 116 valence electrons. The number of piperazine rings is 1. The Balaban J connectivity index is 1.91. The normalized spacial score (nSPS) is 27.0. The Kier molecular flexibility index (Phi) is 4.46. The average Bonchev–Trinajstić information content (AvgIpc) is 2.48. The highest BCUT2D eigenvalue weighted by atomic mass is 35.5. The van der Waals surface area contributed by atoms with Crippen LogP contribution in [0.25, 0.3) is 0 Å². The van der Waals surface area contributed by atoms with Crippen LogP contribution in [0, 0.1) is 12.8 Å². The molecule has 2 fully saturated rings. The molecule has 2 saturated heterocycles. The Morgan fingerprint density at radius 1 is 1.19 bits per heavy atom. The fourth-order valence-electron chi connectivity index (χ4n) is 3.95. The number of fused-ring (bicyclic) bond motifs is 1. The molecule has 0 radical (unpaired) electrons. The summed E-state index contributed by atoms with van der Waals surface area (Å²) in [6.07, 6.45) is 4.11. The zero-order valence-electron chi connectivity index (χ0n) is 13.5. The van der Waals surface area contributed by atoms with Gasteiger partial charge in [0.2, 0.25) is 0 Å². The summed E-state index contributed by atoms with van der Waals surface area (Å²) in [4.78, 5) is 5.36. The highest BCUT2D eigenvalue weighted by molar-refractivity contribution is 6.30. The van der Waals surface area contributed by atoms with E-state index in [0.717, 1.165) is 17.6 Å². The van der Waals surface area contributed by atoms with Crippen molar-refractivity contribution in [3.8, 4) is 0 Å². The fourth-order valence-corrected chi connectivity index (χ4v) is 4.11. The van der Waals surface area contributed by atoms with E-state index in [2.05, 4.69) is 42.7 Å². The third kappa shape index (κ3) is 3.07. The zero-order valence-corrected chi connectivity index (χ0v) is 14.2. The first-order valence-electron chi connectivity index (χ1n) is 8.33. The van der Waals surface area contributed by atoms with Gasteiger partial charge in [-0.2, -0.15) is 0 Å². The molecule has 1 aromatic rings. The van der Waals surface area contributed by atoms with Gasteiger partial charge in [-0.25, -0.2) is 0 Å². The van der Waals surface area contributed by atoms with Crippen molar-refractivity contribution in [2.75, 3.05) is 24.5 Å². The van der Waals surface area contributed by atoms with E-state index in [1.165, 1.54) is 43.6 Å². The first-order chi connectivity index (χ1) is 10.1. The highest BCUT2D eigenvalue weighted by Crippen LogP contribution is 2.33. The topological polar surface area (TPSA) is 6.48 Å². The molecule has 0 saturated carbocycles. The van der Waals surface area contributed by atoms with Crippen molar-refractivity contribution in [3.05, 3.63) is 28.8 Å². The van der Waals surface area contributed by atoms with Gasteiger partial charge in [0, 0.05) is 35.9 Å². The predicted molar refractivity (Wildman–Crippen MR) is 91.4 cm³/mol. The number of hydrogen-bond acceptors (Lipinski definition) is 2. The molecular formula is C18H27ClN2. The molecule has 2 heterocycles. The van der Waals surface area contributed by atoms with Crippen molar-refractivity contribution in [1.29, 1.82) is 0 Å². The van der Waals surface area contributed by atoms with Crippen LogP contribution in [0.1, 0.15) is 38.7 Å². The van der Waals surface area contributed by atoms with Crippen molar-refractivity contribution in [2.45, 2.75) is 52.1 Å². The second kappa shape index (κ2) is 6.18. The lowest BCUT2D eigenvalue weighted by atomic mass is 9.91. The number of rotatable bonds is 2. The van der Waals surface area contributed by atoms with Crippen molar-refractivity contribution in [1.82, 2.24) is 4.90 Å². The summed E-state index contributed by atoms with van der Waals surface area (Å²) in [6.45, 7) is 10.6. The average molecular weight is 307 g/mol. The number of nitrogens with zero attached hydrogens (tertiary/aromatic N) is 2. The quantitative estimate of drug-likeness (QED) is 0.801. The van der Waals surface area contributed by atoms with E-state index in [-0.39, 0.29) is 0 Å². The van der Waals surface area contributed by atoms with Crippen LogP contribution in [0.3, 0.4) is 0 Å². The molecule has 2 nitrogen and oxygen atoms in total. The monoisotopic (exact) mass is 306 g/mol. The Hall–Kier alpha value is -0.730. The van der Waals surface area contributed by atoms with Crippen LogP contribution in [-0.4, -0.2) is 36.6 Å². The molecule has 21 heavy (non-hydrogen) atoms. The summed E-state index contributed by atoms with van der Waals surface area (Å²) in [5, 5.41) is 0.851. The Bertz CT molecular complexity index is 500. The van der Waals surface area contributed by atoms with Gasteiger partial charge >= 0.3 is 0 Å². The smallest absolute Gasteiger partial charge is 0.0440 e. The standard InChI is InChI=1S/C18H27ClN2/c1-13(2)18-12-20-9-5-4-6-16(20)11-21(18)17-10-15(19)8-7-14(17)3/h7-8,10,13,16,18H,4-6,9,11-12H2,1-3H3. The second-order valence-corrected chi connectivity index (χ2v) is 7.48. The van der Waals surface area contributed by atoms with Crippen molar-refractivity contribution in [3.63, 3.8) is 0 Å². The molecule has 1 aromatic carbocycles. The Labute approximate surface area is 134 Å². The van der Waals surface area contributed by atoms with Gasteiger partial charge in [-0.1, -0.05) is 37.9 Å². The van der Waals surface area contributed by atoms with Gasteiger partial charge in [-0.3, -0.25) is 4.90 Å². The van der Waals surface area contributed by atoms with Crippen LogP contribution in [0.4, 0.5) is 5.69 Å². The molecule has 2 aliphatic heterocycles. The predicted octanol–water partition coefficient (Wildman–Crippen LogP) is 4.35. The van der Waals surface area contributed by atoms with E-state index in [9.17, 15) is 0 Å². The number of anilines is 1. The van der Waals surface area contributed by atoms with Gasteiger partial charge in [0.1, 0.15) is 0 Å². The maximum absolute atomic E-state index is 6.26. The number of aryl methyl sites for hydroxylation is 1. The molecule has 2 unspecified atom stereocenters. The number of hydrogen-bond donors (Lipinski definition) is 0. The first-order valence-corrected chi connectivity index (χ1v) is 8.71. The second-order valence-electron chi connectivity index (χ2n) is 7.04. The summed E-state index contributed by atoms with van der Waals surface area (Å²) in [7, 11) is 0. The van der Waals surface area contributed by atoms with Crippen LogP contribution in [0.5, 0.6) is 0 Å². The van der Waals surface area contributed by atoms with Crippen molar-refractivity contribution < 1.29 is 0 Å². The van der Waals surface area contributed by atoms with Crippen LogP contribution >= 0.6 is 11.6 Å². The summed E-state index contributed by atoms with van der Waals surface area (Å²) in [5.41, 5.74) is 2.68. The van der Waals surface area contributed by atoms with Crippen molar-refractivity contribution >= 4 is 17.3 Å². The summed E-state index contributed by atoms with van der Waals surface area (Å²) in [6, 6.07) is 7.64. The number of piperidine rings is 1. The largest absolute Gasteiger partial charge is 0.365 e. The first kappa shape index (κ1) is 15.2. The van der Waals surface area contributed by atoms with Crippen molar-refractivity contribution in [2.24, 2.45) is 5.92 Å². The molecule has 0 N–H and O–H groups in total. The van der Waals surface area contributed by atoms with E-state index in [1.807, 2.05) is 6.07 Å². The van der Waals surface area contributed by atoms with E-state index in [0.29, 0.717) is 12.0 Å². The van der Waals surface area contributed by atoms with Gasteiger partial charge in [-0.05, 0) is 49.9 Å². The fraction of sp³-hybridized carbons (Fsp3) is 0.667. The van der Waals surface area contributed by atoms with Gasteiger partial charge in [0.25, 0.3) is 0 Å². The van der Waals surface area contributed by atoms with Gasteiger partial charge < -0.3 is 4.90 Å². The molecule has 2 atom stereocenters. The lowest BCUT2D eigenvalue weighted by molar-refractivity contribution is 0.100. The SMILES string of the molecule is Cc1ccc(Cl)cc1N1CC2CCCCN2CC1C(C)C. The Morgan fingerprint density at radius 2 is 2.00 bits per heavy atom. The van der Waals surface area contributed by atoms with E-state index >= 15 is 0 Å². The van der Waals surface area contributed by atoms with Gasteiger partial charge in [0.15, 0.2) is 0 Å². The minimum absolute atomic E-state index is 0.594. The molecular weight excluding hydrogens is 280 g/mol. The Morgan fingerprint density at radius 3 is 2.76 bits per heavy atom. The van der Waals surface area contributed by atoms with E-state index in [4.69, 9.17) is 11.6 Å². The highest BCUT2D eigenvalue weighted by Gasteiger charge is 2.36. The maximum atomic E-state index is 6.26. The molecule has 0 aliphatic carbocycles. The van der Waals surface area contributed by atoms with Gasteiger partial charge in [0.05, 0.1) is 0 Å². The van der Waals surface area contributed by atoms with Gasteiger partial charge in [-0.15, -0.1) is 0 Å².